The van der Waals surface area contributed by atoms with Gasteiger partial charge in [-0.15, -0.1) is 0 Å². The lowest BCUT2D eigenvalue weighted by molar-refractivity contribution is 0.247. The van der Waals surface area contributed by atoms with E-state index in [0.717, 1.165) is 32.1 Å². The van der Waals surface area contributed by atoms with Crippen molar-refractivity contribution in [3.05, 3.63) is 17.0 Å². The quantitative estimate of drug-likeness (QED) is 0.862. The van der Waals surface area contributed by atoms with Crippen molar-refractivity contribution in [1.82, 2.24) is 9.88 Å². The van der Waals surface area contributed by atoms with Gasteiger partial charge in [-0.25, -0.2) is 4.98 Å². The largest absolute Gasteiger partial charge is 0.397 e. The fourth-order valence-electron chi connectivity index (χ4n) is 2.49. The Bertz CT molecular complexity index is 447. The Morgan fingerprint density at radius 2 is 2.00 bits per heavy atom. The molecule has 1 aliphatic heterocycles. The maximum atomic E-state index is 13.5. The van der Waals surface area contributed by atoms with E-state index in [1.807, 2.05) is 0 Å². The number of halogens is 2. The highest BCUT2D eigenvalue weighted by Gasteiger charge is 2.27. The number of piperazine rings is 1. The molecule has 2 fully saturated rings. The molecule has 0 amide bonds. The van der Waals surface area contributed by atoms with Crippen LogP contribution >= 0.6 is 11.6 Å². The van der Waals surface area contributed by atoms with E-state index >= 15 is 0 Å². The Kier molecular flexibility index (Phi) is 3.50. The monoisotopic (exact) mass is 284 g/mol. The van der Waals surface area contributed by atoms with Gasteiger partial charge in [0.05, 0.1) is 5.69 Å². The summed E-state index contributed by atoms with van der Waals surface area (Å²) in [6.45, 7) is 4.93. The zero-order valence-corrected chi connectivity index (χ0v) is 11.5. The van der Waals surface area contributed by atoms with Gasteiger partial charge in [-0.3, -0.25) is 4.90 Å². The molecule has 1 aromatic heterocycles. The summed E-state index contributed by atoms with van der Waals surface area (Å²) in [4.78, 5) is 8.43. The van der Waals surface area contributed by atoms with E-state index in [1.165, 1.54) is 19.4 Å². The van der Waals surface area contributed by atoms with E-state index in [-0.39, 0.29) is 10.7 Å². The van der Waals surface area contributed by atoms with E-state index in [9.17, 15) is 4.39 Å². The van der Waals surface area contributed by atoms with Gasteiger partial charge in [0.25, 0.3) is 0 Å². The van der Waals surface area contributed by atoms with E-state index < -0.39 is 5.95 Å². The number of aromatic nitrogens is 1. The lowest BCUT2D eigenvalue weighted by Gasteiger charge is -2.35. The fourth-order valence-corrected chi connectivity index (χ4v) is 2.59. The summed E-state index contributed by atoms with van der Waals surface area (Å²) in [6, 6.07) is 1.65. The van der Waals surface area contributed by atoms with Crippen LogP contribution in [-0.2, 0) is 0 Å². The molecule has 2 aliphatic rings. The second-order valence-corrected chi connectivity index (χ2v) is 5.78. The van der Waals surface area contributed by atoms with Crippen LogP contribution in [0.5, 0.6) is 0 Å². The molecule has 2 heterocycles. The SMILES string of the molecule is Nc1cc(N2CCN(CC3CC3)CC2)nc(F)c1Cl. The Balaban J connectivity index is 1.64. The lowest BCUT2D eigenvalue weighted by atomic mass is 10.2. The summed E-state index contributed by atoms with van der Waals surface area (Å²) in [6.07, 6.45) is 2.75. The molecule has 6 heteroatoms. The number of nitrogen functional groups attached to an aromatic ring is 1. The van der Waals surface area contributed by atoms with Crippen LogP contribution in [0.2, 0.25) is 5.02 Å². The molecule has 0 spiro atoms. The van der Waals surface area contributed by atoms with Gasteiger partial charge in [0.15, 0.2) is 0 Å². The molecule has 104 valence electrons. The molecule has 0 bridgehead atoms. The van der Waals surface area contributed by atoms with Crippen molar-refractivity contribution in [2.45, 2.75) is 12.8 Å². The van der Waals surface area contributed by atoms with Gasteiger partial charge in [-0.1, -0.05) is 11.6 Å². The highest BCUT2D eigenvalue weighted by atomic mass is 35.5. The van der Waals surface area contributed by atoms with Crippen molar-refractivity contribution in [3.63, 3.8) is 0 Å². The third kappa shape index (κ3) is 2.92. The number of hydrogen-bond donors (Lipinski definition) is 1. The summed E-state index contributed by atoms with van der Waals surface area (Å²) < 4.78 is 13.5. The molecule has 3 rings (SSSR count). The Labute approximate surface area is 117 Å². The zero-order valence-electron chi connectivity index (χ0n) is 10.8. The minimum absolute atomic E-state index is 0.0869. The second kappa shape index (κ2) is 5.13. The van der Waals surface area contributed by atoms with Crippen LogP contribution < -0.4 is 10.6 Å². The minimum Gasteiger partial charge on any atom is -0.397 e. The van der Waals surface area contributed by atoms with Crippen molar-refractivity contribution >= 4 is 23.1 Å². The highest BCUT2D eigenvalue weighted by Crippen LogP contribution is 2.30. The predicted molar refractivity (Wildman–Crippen MR) is 75.0 cm³/mol. The summed E-state index contributed by atoms with van der Waals surface area (Å²) >= 11 is 5.69. The van der Waals surface area contributed by atoms with Gasteiger partial charge < -0.3 is 10.6 Å². The van der Waals surface area contributed by atoms with Gasteiger partial charge in [-0.2, -0.15) is 4.39 Å². The molecule has 1 aromatic rings. The van der Waals surface area contributed by atoms with Crippen LogP contribution in [0.1, 0.15) is 12.8 Å². The number of hydrogen-bond acceptors (Lipinski definition) is 4. The molecule has 0 atom stereocenters. The number of anilines is 2. The number of pyridine rings is 1. The average molecular weight is 285 g/mol. The number of nitrogens with two attached hydrogens (primary N) is 1. The normalized spacial score (nSPS) is 20.8. The van der Waals surface area contributed by atoms with Crippen molar-refractivity contribution in [2.75, 3.05) is 43.4 Å². The number of nitrogens with zero attached hydrogens (tertiary/aromatic N) is 3. The first-order chi connectivity index (χ1) is 9.13. The highest BCUT2D eigenvalue weighted by molar-refractivity contribution is 6.33. The summed E-state index contributed by atoms with van der Waals surface area (Å²) in [5, 5.41) is -0.0869. The van der Waals surface area contributed by atoms with Crippen molar-refractivity contribution in [3.8, 4) is 0 Å². The van der Waals surface area contributed by atoms with Crippen LogP contribution in [0.3, 0.4) is 0 Å². The molecule has 1 aliphatic carbocycles. The molecule has 0 unspecified atom stereocenters. The van der Waals surface area contributed by atoms with Crippen LogP contribution in [0.4, 0.5) is 15.9 Å². The van der Waals surface area contributed by atoms with Gasteiger partial charge in [0, 0.05) is 38.8 Å². The molecule has 1 saturated carbocycles. The van der Waals surface area contributed by atoms with Crippen LogP contribution in [0, 0.1) is 11.9 Å². The van der Waals surface area contributed by atoms with Gasteiger partial charge in [-0.05, 0) is 18.8 Å². The Morgan fingerprint density at radius 3 is 2.58 bits per heavy atom. The third-order valence-electron chi connectivity index (χ3n) is 3.84. The first-order valence-electron chi connectivity index (χ1n) is 6.72. The summed E-state index contributed by atoms with van der Waals surface area (Å²) in [7, 11) is 0. The Morgan fingerprint density at radius 1 is 1.32 bits per heavy atom. The molecule has 2 N–H and O–H groups in total. The minimum atomic E-state index is -0.683. The smallest absolute Gasteiger partial charge is 0.235 e. The summed E-state index contributed by atoms with van der Waals surface area (Å²) in [5.74, 6) is 0.816. The van der Waals surface area contributed by atoms with Gasteiger partial charge in [0.1, 0.15) is 10.8 Å². The molecular formula is C13H18ClFN4. The van der Waals surface area contributed by atoms with Crippen LogP contribution in [0.15, 0.2) is 6.07 Å². The van der Waals surface area contributed by atoms with Crippen LogP contribution in [0.25, 0.3) is 0 Å². The van der Waals surface area contributed by atoms with Crippen molar-refractivity contribution < 1.29 is 4.39 Å². The topological polar surface area (TPSA) is 45.4 Å². The molecule has 1 saturated heterocycles. The first-order valence-corrected chi connectivity index (χ1v) is 7.10. The molecule has 19 heavy (non-hydrogen) atoms. The fraction of sp³-hybridized carbons (Fsp3) is 0.615. The molecule has 4 nitrogen and oxygen atoms in total. The predicted octanol–water partition coefficient (Wildman–Crippen LogP) is 1.99. The standard InChI is InChI=1S/C13H18ClFN4/c14-12-10(16)7-11(17-13(12)15)19-5-3-18(4-6-19)8-9-1-2-9/h7,9H,1-6,8H2,(H2,16,17). The average Bonchev–Trinajstić information content (AvgIpc) is 3.20. The number of rotatable bonds is 3. The zero-order chi connectivity index (χ0) is 13.4. The van der Waals surface area contributed by atoms with E-state index in [2.05, 4.69) is 14.8 Å². The summed E-state index contributed by atoms with van der Waals surface area (Å²) in [5.41, 5.74) is 5.93. The van der Waals surface area contributed by atoms with E-state index in [0.29, 0.717) is 5.82 Å². The van der Waals surface area contributed by atoms with E-state index in [1.54, 1.807) is 6.07 Å². The van der Waals surface area contributed by atoms with E-state index in [4.69, 9.17) is 17.3 Å². The van der Waals surface area contributed by atoms with Gasteiger partial charge in [0.2, 0.25) is 5.95 Å². The van der Waals surface area contributed by atoms with Crippen molar-refractivity contribution in [2.24, 2.45) is 5.92 Å². The molecular weight excluding hydrogens is 267 g/mol. The second-order valence-electron chi connectivity index (χ2n) is 5.41. The maximum absolute atomic E-state index is 13.5. The Hall–Kier alpha value is -1.07. The van der Waals surface area contributed by atoms with Gasteiger partial charge >= 0.3 is 0 Å². The molecule has 0 radical (unpaired) electrons. The molecule has 0 aromatic carbocycles. The van der Waals surface area contributed by atoms with Crippen molar-refractivity contribution in [1.29, 1.82) is 0 Å². The maximum Gasteiger partial charge on any atom is 0.235 e. The third-order valence-corrected chi connectivity index (χ3v) is 4.22. The van der Waals surface area contributed by atoms with Crippen LogP contribution in [-0.4, -0.2) is 42.6 Å². The lowest BCUT2D eigenvalue weighted by Crippen LogP contribution is -2.47. The first kappa shape index (κ1) is 12.9.